The first-order valence-corrected chi connectivity index (χ1v) is 17.3. The Morgan fingerprint density at radius 1 is 0.952 bits per heavy atom. The second kappa shape index (κ2) is 15.5. The van der Waals surface area contributed by atoms with Crippen molar-refractivity contribution in [2.75, 3.05) is 5.75 Å². The van der Waals surface area contributed by atoms with E-state index in [0.29, 0.717) is 24.7 Å². The number of aliphatic hydroxyl groups is 2. The molecular weight excluding hydrogens is 552 g/mol. The Bertz CT molecular complexity index is 1120. The molecule has 0 spiro atoms. The number of hydrogen-bond donors (Lipinski definition) is 4. The van der Waals surface area contributed by atoms with Gasteiger partial charge in [0.1, 0.15) is 12.1 Å². The summed E-state index contributed by atoms with van der Waals surface area (Å²) < 4.78 is 25.3. The molecule has 236 valence electrons. The molecule has 9 heteroatoms. The van der Waals surface area contributed by atoms with Crippen LogP contribution >= 0.6 is 0 Å². The van der Waals surface area contributed by atoms with Crippen LogP contribution in [0.2, 0.25) is 0 Å². The second-order valence-electron chi connectivity index (χ2n) is 13.5. The van der Waals surface area contributed by atoms with E-state index in [1.54, 1.807) is 26.8 Å². The average Bonchev–Trinajstić information content (AvgIpc) is 3.76. The van der Waals surface area contributed by atoms with Crippen LogP contribution in [0.3, 0.4) is 0 Å². The van der Waals surface area contributed by atoms with Gasteiger partial charge in [-0.15, -0.1) is 6.58 Å². The topological polar surface area (TPSA) is 133 Å². The summed E-state index contributed by atoms with van der Waals surface area (Å²) in [5.74, 6) is -1.43. The lowest BCUT2D eigenvalue weighted by Crippen LogP contribution is -2.56. The van der Waals surface area contributed by atoms with E-state index in [2.05, 4.69) is 17.2 Å². The van der Waals surface area contributed by atoms with Crippen LogP contribution in [0, 0.1) is 17.8 Å². The Labute approximate surface area is 252 Å². The molecule has 0 radical (unpaired) electrons. The zero-order valence-corrected chi connectivity index (χ0v) is 26.5. The van der Waals surface area contributed by atoms with Crippen LogP contribution in [0.5, 0.6) is 0 Å². The van der Waals surface area contributed by atoms with Gasteiger partial charge >= 0.3 is 0 Å². The van der Waals surface area contributed by atoms with Crippen molar-refractivity contribution in [3.8, 4) is 0 Å². The van der Waals surface area contributed by atoms with Crippen LogP contribution in [0.1, 0.15) is 90.5 Å². The summed E-state index contributed by atoms with van der Waals surface area (Å²) in [4.78, 5) is 27.5. The maximum atomic E-state index is 13.7. The van der Waals surface area contributed by atoms with Gasteiger partial charge < -0.3 is 20.8 Å². The van der Waals surface area contributed by atoms with E-state index in [9.17, 15) is 28.2 Å². The molecule has 2 saturated carbocycles. The number of nitrogens with one attached hydrogen (secondary N) is 2. The van der Waals surface area contributed by atoms with Crippen LogP contribution in [0.15, 0.2) is 43.0 Å². The van der Waals surface area contributed by atoms with Gasteiger partial charge in [-0.3, -0.25) is 9.59 Å². The van der Waals surface area contributed by atoms with E-state index in [-0.39, 0.29) is 18.6 Å². The fourth-order valence-electron chi connectivity index (χ4n) is 5.78. The Morgan fingerprint density at radius 2 is 1.57 bits per heavy atom. The van der Waals surface area contributed by atoms with Gasteiger partial charge in [-0.1, -0.05) is 81.4 Å². The van der Waals surface area contributed by atoms with Gasteiger partial charge in [-0.05, 0) is 63.9 Å². The minimum atomic E-state index is -3.62. The molecule has 0 heterocycles. The largest absolute Gasteiger partial charge is 0.390 e. The zero-order valence-electron chi connectivity index (χ0n) is 25.6. The lowest BCUT2D eigenvalue weighted by atomic mass is 9.82. The van der Waals surface area contributed by atoms with Crippen molar-refractivity contribution in [3.63, 3.8) is 0 Å². The van der Waals surface area contributed by atoms with Crippen molar-refractivity contribution in [1.82, 2.24) is 10.6 Å². The zero-order chi connectivity index (χ0) is 30.9. The summed E-state index contributed by atoms with van der Waals surface area (Å²) in [7, 11) is -3.62. The molecule has 4 N–H and O–H groups in total. The van der Waals surface area contributed by atoms with Crippen molar-refractivity contribution >= 4 is 21.7 Å². The minimum absolute atomic E-state index is 0.198. The van der Waals surface area contributed by atoms with Crippen LogP contribution < -0.4 is 10.6 Å². The van der Waals surface area contributed by atoms with Gasteiger partial charge in [0.15, 0.2) is 9.84 Å². The maximum absolute atomic E-state index is 13.7. The van der Waals surface area contributed by atoms with Crippen LogP contribution in [-0.2, 0) is 25.8 Å². The first-order valence-electron chi connectivity index (χ1n) is 15.6. The highest BCUT2D eigenvalue weighted by atomic mass is 32.2. The van der Waals surface area contributed by atoms with Gasteiger partial charge in [0.2, 0.25) is 11.8 Å². The van der Waals surface area contributed by atoms with E-state index in [0.717, 1.165) is 44.1 Å². The monoisotopic (exact) mass is 604 g/mol. The number of amides is 2. The lowest BCUT2D eigenvalue weighted by molar-refractivity contribution is -0.132. The molecule has 0 aliphatic heterocycles. The summed E-state index contributed by atoms with van der Waals surface area (Å²) >= 11 is 0. The SMILES string of the molecule is C=CC[C@H](O)[C@H](O)[C@H](CC1CCCCC1)NC(=O)[C@H](CC1CC1)NC(=O)[C@H](Cc1ccccc1)CS(=O)(=O)C(C)(C)C. The van der Waals surface area contributed by atoms with Crippen molar-refractivity contribution in [3.05, 3.63) is 48.6 Å². The van der Waals surface area contributed by atoms with Gasteiger partial charge in [0, 0.05) is 0 Å². The van der Waals surface area contributed by atoms with Crippen molar-refractivity contribution < 1.29 is 28.2 Å². The first kappa shape index (κ1) is 34.3. The minimum Gasteiger partial charge on any atom is -0.390 e. The van der Waals surface area contributed by atoms with E-state index >= 15 is 0 Å². The van der Waals surface area contributed by atoms with Crippen LogP contribution in [0.4, 0.5) is 0 Å². The molecule has 0 bridgehead atoms. The Morgan fingerprint density at radius 3 is 2.14 bits per heavy atom. The smallest absolute Gasteiger partial charge is 0.242 e. The molecule has 0 aromatic heterocycles. The highest BCUT2D eigenvalue weighted by molar-refractivity contribution is 7.92. The summed E-state index contributed by atoms with van der Waals surface area (Å²) in [6.07, 6.45) is 8.10. The molecule has 2 amide bonds. The van der Waals surface area contributed by atoms with Gasteiger partial charge in [-0.2, -0.15) is 0 Å². The lowest BCUT2D eigenvalue weighted by Gasteiger charge is -2.33. The number of sulfone groups is 1. The highest BCUT2D eigenvalue weighted by Crippen LogP contribution is 2.34. The molecule has 1 aromatic rings. The van der Waals surface area contributed by atoms with E-state index in [1.807, 2.05) is 30.3 Å². The Kier molecular flexibility index (Phi) is 12.6. The number of aliphatic hydroxyl groups excluding tert-OH is 2. The van der Waals surface area contributed by atoms with Crippen LogP contribution in [-0.4, -0.2) is 65.2 Å². The number of carbonyl (C=O) groups excluding carboxylic acids is 2. The molecule has 0 unspecified atom stereocenters. The molecule has 0 saturated heterocycles. The highest BCUT2D eigenvalue weighted by Gasteiger charge is 2.38. The summed E-state index contributed by atoms with van der Waals surface area (Å²) in [5.41, 5.74) is 0.844. The Balaban J connectivity index is 1.80. The average molecular weight is 605 g/mol. The molecule has 2 aliphatic carbocycles. The van der Waals surface area contributed by atoms with Crippen molar-refractivity contribution in [1.29, 1.82) is 0 Å². The van der Waals surface area contributed by atoms with E-state index in [4.69, 9.17) is 0 Å². The predicted molar refractivity (Wildman–Crippen MR) is 166 cm³/mol. The molecule has 2 aliphatic rings. The van der Waals surface area contributed by atoms with Crippen molar-refractivity contribution in [2.24, 2.45) is 17.8 Å². The summed E-state index contributed by atoms with van der Waals surface area (Å²) in [5, 5.41) is 27.5. The first-order chi connectivity index (χ1) is 19.8. The second-order valence-corrected chi connectivity index (χ2v) is 16.2. The normalized spacial score (nSPS) is 20.1. The van der Waals surface area contributed by atoms with Crippen LogP contribution in [0.25, 0.3) is 0 Å². The summed E-state index contributed by atoms with van der Waals surface area (Å²) in [6, 6.07) is 7.77. The molecule has 1 aromatic carbocycles. The fourth-order valence-corrected chi connectivity index (χ4v) is 7.08. The maximum Gasteiger partial charge on any atom is 0.242 e. The van der Waals surface area contributed by atoms with Gasteiger partial charge in [-0.25, -0.2) is 8.42 Å². The fraction of sp³-hybridized carbons (Fsp3) is 0.697. The third-order valence-corrected chi connectivity index (χ3v) is 11.5. The molecule has 2 fully saturated rings. The molecule has 8 nitrogen and oxygen atoms in total. The molecule has 42 heavy (non-hydrogen) atoms. The molecule has 3 rings (SSSR count). The third-order valence-electron chi connectivity index (χ3n) is 8.80. The van der Waals surface area contributed by atoms with Crippen molar-refractivity contribution in [2.45, 2.75) is 120 Å². The van der Waals surface area contributed by atoms with E-state index < -0.39 is 56.6 Å². The Hall–Kier alpha value is -2.23. The van der Waals surface area contributed by atoms with Gasteiger partial charge in [0.25, 0.3) is 0 Å². The quantitative estimate of drug-likeness (QED) is 0.210. The predicted octanol–water partition coefficient (Wildman–Crippen LogP) is 4.10. The van der Waals surface area contributed by atoms with Gasteiger partial charge in [0.05, 0.1) is 28.6 Å². The standard InChI is InChI=1S/C33H52N2O6S/c1-5-12-29(36)30(37)27(20-24-15-10-7-11-16-24)34-32(39)28(21-25-17-18-25)35-31(38)26(19-23-13-8-6-9-14-23)22-42(40,41)33(2,3)4/h5-6,8-9,13-14,24-30,36-37H,1,7,10-12,15-22H2,2-4H3,(H,34,39)(H,35,38)/t26-,27+,28+,29+,30-/m1/s1. The number of benzene rings is 1. The number of rotatable bonds is 16. The molecule has 5 atom stereocenters. The van der Waals surface area contributed by atoms with E-state index in [1.165, 1.54) is 6.42 Å². The third kappa shape index (κ3) is 10.5. The number of carbonyl (C=O) groups is 2. The summed E-state index contributed by atoms with van der Waals surface area (Å²) in [6.45, 7) is 8.54. The molecular formula is C33H52N2O6S. The number of hydrogen-bond acceptors (Lipinski definition) is 6.